The van der Waals surface area contributed by atoms with Crippen LogP contribution in [0.1, 0.15) is 0 Å². The topological polar surface area (TPSA) is 57.5 Å². The van der Waals surface area contributed by atoms with E-state index in [9.17, 15) is 0 Å². The van der Waals surface area contributed by atoms with E-state index in [0.29, 0.717) is 0 Å². The normalized spacial score (nSPS) is 4.00. The Labute approximate surface area is 82.8 Å². The smallest absolute Gasteiger partial charge is 0.511 e. The van der Waals surface area contributed by atoms with Crippen LogP contribution in [0.3, 0.4) is 0 Å². The first-order chi connectivity index (χ1) is 1.73. The van der Waals surface area contributed by atoms with Gasteiger partial charge in [0, 0.05) is 60.8 Å². The fourth-order valence-corrected chi connectivity index (χ4v) is 0. The monoisotopic (exact) mass is 142 g/mol. The van der Waals surface area contributed by atoms with E-state index < -0.39 is 9.17 Å². The zero-order valence-electron chi connectivity index (χ0n) is 3.22. The second-order valence-electron chi connectivity index (χ2n) is 0.283. The van der Waals surface area contributed by atoms with Crippen molar-refractivity contribution >= 4 is 70.0 Å². The Morgan fingerprint density at radius 1 is 1.33 bits per heavy atom. The zero-order chi connectivity index (χ0) is 3.58. The van der Waals surface area contributed by atoms with Gasteiger partial charge in [-0.25, -0.2) is 0 Å². The van der Waals surface area contributed by atoms with E-state index in [4.69, 9.17) is 14.1 Å². The van der Waals surface area contributed by atoms with Crippen molar-refractivity contribution in [1.82, 2.24) is 0 Å². The summed E-state index contributed by atoms with van der Waals surface area (Å²) < 4.78 is 8.74. The van der Waals surface area contributed by atoms with Crippen LogP contribution in [0.25, 0.3) is 0 Å². The summed E-state index contributed by atoms with van der Waals surface area (Å²) in [5, 5.41) is 0. The molecule has 0 atom stereocenters. The van der Waals surface area contributed by atoms with E-state index in [1.807, 2.05) is 0 Å². The first-order valence-corrected chi connectivity index (χ1v) is 1.95. The van der Waals surface area contributed by atoms with Crippen molar-refractivity contribution < 1.29 is 14.1 Å². The summed E-state index contributed by atoms with van der Waals surface area (Å²) in [5.74, 6) is 0. The third kappa shape index (κ3) is 45.1. The van der Waals surface area contributed by atoms with Gasteiger partial charge in [-0.05, 0) is 0 Å². The Balaban J connectivity index is -0.0000000450. The third-order valence-corrected chi connectivity index (χ3v) is 0. The van der Waals surface area contributed by atoms with Crippen molar-refractivity contribution in [3.05, 3.63) is 0 Å². The Kier molecular flexibility index (Phi) is 25.6. The van der Waals surface area contributed by atoms with Crippen molar-refractivity contribution in [2.24, 2.45) is 0 Å². The van der Waals surface area contributed by atoms with Crippen LogP contribution in [-0.4, -0.2) is 79.6 Å². The van der Waals surface area contributed by atoms with Crippen molar-refractivity contribution in [1.29, 1.82) is 0 Å². The average molecular weight is 142 g/mol. The molecule has 0 heterocycles. The van der Waals surface area contributed by atoms with E-state index in [0.717, 1.165) is 0 Å². The minimum Gasteiger partial charge on any atom is -0.511 e. The summed E-state index contributed by atoms with van der Waals surface area (Å²) >= 11 is 0. The molecule has 0 spiro atoms. The van der Waals surface area contributed by atoms with Gasteiger partial charge in [0.25, 0.3) is 0 Å². The quantitative estimate of drug-likeness (QED) is 0.372. The SMILES string of the molecule is O=[Si](O)O.[Ca].[Mg]. The summed E-state index contributed by atoms with van der Waals surface area (Å²) in [4.78, 5) is 14.3. The van der Waals surface area contributed by atoms with Crippen LogP contribution in [0.5, 0.6) is 0 Å². The minimum absolute atomic E-state index is 0. The maximum Gasteiger partial charge on any atom is 0.761 e. The van der Waals surface area contributed by atoms with Crippen molar-refractivity contribution in [3.8, 4) is 0 Å². The molecule has 4 radical (unpaired) electrons. The molecule has 3 nitrogen and oxygen atoms in total. The van der Waals surface area contributed by atoms with Crippen LogP contribution < -0.4 is 0 Å². The Hall–Kier alpha value is 1.64. The second-order valence-corrected chi connectivity index (χ2v) is 0.848. The molecule has 0 rings (SSSR count). The summed E-state index contributed by atoms with van der Waals surface area (Å²) in [7, 11) is -3.13. The first kappa shape index (κ1) is 15.6. The van der Waals surface area contributed by atoms with Gasteiger partial charge in [-0.1, -0.05) is 0 Å². The predicted molar refractivity (Wildman–Crippen MR) is 22.4 cm³/mol. The molecule has 0 aliphatic carbocycles. The molecule has 0 aromatic rings. The summed E-state index contributed by atoms with van der Waals surface area (Å²) in [6, 6.07) is 0. The van der Waals surface area contributed by atoms with Crippen LogP contribution >= 0.6 is 0 Å². The van der Waals surface area contributed by atoms with Gasteiger partial charge in [-0.15, -0.1) is 0 Å². The van der Waals surface area contributed by atoms with Gasteiger partial charge < -0.3 is 9.59 Å². The van der Waals surface area contributed by atoms with Crippen LogP contribution in [0, 0.1) is 0 Å². The molecule has 6 heavy (non-hydrogen) atoms. The molecule has 0 saturated heterocycles. The average Bonchev–Trinajstić information content (AvgIpc) is 0.811. The molecule has 0 saturated carbocycles. The molecule has 6 heteroatoms. The molecule has 0 bridgehead atoms. The van der Waals surface area contributed by atoms with Crippen molar-refractivity contribution in [2.75, 3.05) is 0 Å². The van der Waals surface area contributed by atoms with Gasteiger partial charge in [0.05, 0.1) is 0 Å². The van der Waals surface area contributed by atoms with E-state index in [1.54, 1.807) is 0 Å². The van der Waals surface area contributed by atoms with E-state index in [1.165, 1.54) is 0 Å². The van der Waals surface area contributed by atoms with Gasteiger partial charge in [0.15, 0.2) is 0 Å². The van der Waals surface area contributed by atoms with Crippen molar-refractivity contribution in [3.63, 3.8) is 0 Å². The molecule has 0 unspecified atom stereocenters. The minimum atomic E-state index is -3.13. The molecule has 28 valence electrons. The van der Waals surface area contributed by atoms with Crippen LogP contribution in [0.15, 0.2) is 0 Å². The van der Waals surface area contributed by atoms with Gasteiger partial charge in [-0.3, -0.25) is 4.46 Å². The maximum absolute atomic E-state index is 8.74. The molecule has 2 N–H and O–H groups in total. The fraction of sp³-hybridized carbons (Fsp3) is 0. The van der Waals surface area contributed by atoms with Gasteiger partial charge in [0.1, 0.15) is 0 Å². The number of hydrogen-bond acceptors (Lipinski definition) is 1. The standard InChI is InChI=1S/Ca.Mg.H2O3Si/c;;1-4(2)3/h;;1-2H. The molecule has 0 amide bonds. The van der Waals surface area contributed by atoms with E-state index in [-0.39, 0.29) is 60.8 Å². The first-order valence-electron chi connectivity index (χ1n) is 0.651. The summed E-state index contributed by atoms with van der Waals surface area (Å²) in [6.07, 6.45) is 0. The number of hydrogen-bond donors (Lipinski definition) is 2. The Morgan fingerprint density at radius 2 is 1.33 bits per heavy atom. The molecule has 0 aromatic carbocycles. The van der Waals surface area contributed by atoms with Crippen LogP contribution in [0.4, 0.5) is 0 Å². The summed E-state index contributed by atoms with van der Waals surface area (Å²) in [5.41, 5.74) is 0. The van der Waals surface area contributed by atoms with Crippen molar-refractivity contribution in [2.45, 2.75) is 0 Å². The van der Waals surface area contributed by atoms with E-state index >= 15 is 0 Å². The fourth-order valence-electron chi connectivity index (χ4n) is 0. The largest absolute Gasteiger partial charge is 0.761 e. The predicted octanol–water partition coefficient (Wildman–Crippen LogP) is -2.38. The number of rotatable bonds is 0. The van der Waals surface area contributed by atoms with Crippen LogP contribution in [-0.2, 0) is 4.46 Å². The molecule has 0 aromatic heterocycles. The molecule has 0 fully saturated rings. The molecule has 0 aliphatic heterocycles. The summed E-state index contributed by atoms with van der Waals surface area (Å²) in [6.45, 7) is 0. The Bertz CT molecular complexity index is 33.8. The maximum atomic E-state index is 8.74. The zero-order valence-corrected chi connectivity index (χ0v) is 7.84. The molecular formula is H2CaMgO3Si. The van der Waals surface area contributed by atoms with Gasteiger partial charge in [-0.2, -0.15) is 0 Å². The van der Waals surface area contributed by atoms with E-state index in [2.05, 4.69) is 0 Å². The van der Waals surface area contributed by atoms with Gasteiger partial charge in [0.2, 0.25) is 0 Å². The molecule has 0 aliphatic rings. The van der Waals surface area contributed by atoms with Crippen LogP contribution in [0.2, 0.25) is 0 Å². The second kappa shape index (κ2) is 9.81. The third-order valence-electron chi connectivity index (χ3n) is 0. The van der Waals surface area contributed by atoms with Gasteiger partial charge >= 0.3 is 9.17 Å². The molecular weight excluding hydrogens is 140 g/mol. The Morgan fingerprint density at radius 3 is 1.33 bits per heavy atom.